The lowest BCUT2D eigenvalue weighted by molar-refractivity contribution is 0.0999. The van der Waals surface area contributed by atoms with Gasteiger partial charge in [-0.15, -0.1) is 0 Å². The highest BCUT2D eigenvalue weighted by Gasteiger charge is 2.11. The molecule has 0 heterocycles. The van der Waals surface area contributed by atoms with Crippen molar-refractivity contribution in [2.75, 3.05) is 0 Å². The van der Waals surface area contributed by atoms with E-state index in [0.29, 0.717) is 17.5 Å². The SMILES string of the molecule is CCCCc1c(F)cccc1C(N)=O. The molecule has 1 amide bonds. The Balaban J connectivity index is 3.02. The predicted molar refractivity (Wildman–Crippen MR) is 53.5 cm³/mol. The molecule has 76 valence electrons. The standard InChI is InChI=1S/C11H14FNO/c1-2-3-5-8-9(11(13)14)6-4-7-10(8)12/h4,6-7H,2-3,5H2,1H3,(H2,13,14). The lowest BCUT2D eigenvalue weighted by Gasteiger charge is -2.06. The third-order valence-electron chi connectivity index (χ3n) is 2.16. The monoisotopic (exact) mass is 195 g/mol. The van der Waals surface area contributed by atoms with Crippen LogP contribution in [0.4, 0.5) is 4.39 Å². The highest BCUT2D eigenvalue weighted by Crippen LogP contribution is 2.15. The summed E-state index contributed by atoms with van der Waals surface area (Å²) in [5.74, 6) is -0.898. The number of primary amides is 1. The zero-order valence-corrected chi connectivity index (χ0v) is 8.22. The van der Waals surface area contributed by atoms with Crippen molar-refractivity contribution in [2.24, 2.45) is 5.73 Å². The largest absolute Gasteiger partial charge is 0.366 e. The van der Waals surface area contributed by atoms with E-state index in [1.165, 1.54) is 12.1 Å². The van der Waals surface area contributed by atoms with Gasteiger partial charge in [0.05, 0.1) is 0 Å². The van der Waals surface area contributed by atoms with E-state index in [1.807, 2.05) is 6.92 Å². The smallest absolute Gasteiger partial charge is 0.249 e. The molecular weight excluding hydrogens is 181 g/mol. The summed E-state index contributed by atoms with van der Waals surface area (Å²) >= 11 is 0. The predicted octanol–water partition coefficient (Wildman–Crippen LogP) is 2.27. The molecule has 0 spiro atoms. The number of amides is 1. The van der Waals surface area contributed by atoms with Gasteiger partial charge in [0, 0.05) is 11.1 Å². The van der Waals surface area contributed by atoms with Crippen LogP contribution in [-0.2, 0) is 6.42 Å². The van der Waals surface area contributed by atoms with Gasteiger partial charge in [-0.25, -0.2) is 4.39 Å². The van der Waals surface area contributed by atoms with Gasteiger partial charge in [-0.05, 0) is 25.0 Å². The number of carbonyl (C=O) groups excluding carboxylic acids is 1. The van der Waals surface area contributed by atoms with Crippen molar-refractivity contribution in [3.63, 3.8) is 0 Å². The molecule has 2 nitrogen and oxygen atoms in total. The molecule has 0 atom stereocenters. The first-order valence-corrected chi connectivity index (χ1v) is 4.74. The molecule has 0 aliphatic rings. The summed E-state index contributed by atoms with van der Waals surface area (Å²) in [6.45, 7) is 2.02. The van der Waals surface area contributed by atoms with Crippen molar-refractivity contribution >= 4 is 5.91 Å². The van der Waals surface area contributed by atoms with E-state index < -0.39 is 5.91 Å². The maximum Gasteiger partial charge on any atom is 0.249 e. The molecule has 0 aromatic heterocycles. The average Bonchev–Trinajstić information content (AvgIpc) is 2.15. The summed E-state index contributed by atoms with van der Waals surface area (Å²) in [5, 5.41) is 0. The Kier molecular flexibility index (Phi) is 3.63. The summed E-state index contributed by atoms with van der Waals surface area (Å²) in [5.41, 5.74) is 5.90. The van der Waals surface area contributed by atoms with E-state index in [4.69, 9.17) is 5.73 Å². The van der Waals surface area contributed by atoms with Gasteiger partial charge in [-0.2, -0.15) is 0 Å². The molecular formula is C11H14FNO. The summed E-state index contributed by atoms with van der Waals surface area (Å²) in [6.07, 6.45) is 2.40. The molecule has 0 aliphatic heterocycles. The van der Waals surface area contributed by atoms with Crippen LogP contribution in [-0.4, -0.2) is 5.91 Å². The average molecular weight is 195 g/mol. The van der Waals surface area contributed by atoms with E-state index in [9.17, 15) is 9.18 Å². The Hall–Kier alpha value is -1.38. The highest BCUT2D eigenvalue weighted by atomic mass is 19.1. The Morgan fingerprint density at radius 3 is 2.79 bits per heavy atom. The number of carbonyl (C=O) groups is 1. The fourth-order valence-corrected chi connectivity index (χ4v) is 1.40. The van der Waals surface area contributed by atoms with Gasteiger partial charge in [0.25, 0.3) is 0 Å². The molecule has 0 saturated carbocycles. The Labute approximate surface area is 82.9 Å². The first-order chi connectivity index (χ1) is 6.66. The van der Waals surface area contributed by atoms with Crippen LogP contribution < -0.4 is 5.73 Å². The molecule has 14 heavy (non-hydrogen) atoms. The number of unbranched alkanes of at least 4 members (excludes halogenated alkanes) is 1. The first kappa shape index (κ1) is 10.7. The highest BCUT2D eigenvalue weighted by molar-refractivity contribution is 5.94. The lowest BCUT2D eigenvalue weighted by Crippen LogP contribution is -2.14. The van der Waals surface area contributed by atoms with Gasteiger partial charge < -0.3 is 5.73 Å². The molecule has 1 rings (SSSR count). The summed E-state index contributed by atoms with van der Waals surface area (Å²) in [6, 6.07) is 4.43. The van der Waals surface area contributed by atoms with Crippen LogP contribution in [0.5, 0.6) is 0 Å². The van der Waals surface area contributed by atoms with Crippen molar-refractivity contribution in [1.82, 2.24) is 0 Å². The maximum absolute atomic E-state index is 13.3. The minimum atomic E-state index is -0.560. The van der Waals surface area contributed by atoms with E-state index in [-0.39, 0.29) is 5.82 Å². The lowest BCUT2D eigenvalue weighted by atomic mass is 10.0. The molecule has 0 radical (unpaired) electrons. The van der Waals surface area contributed by atoms with Crippen LogP contribution in [0.25, 0.3) is 0 Å². The third kappa shape index (κ3) is 2.31. The second-order valence-electron chi connectivity index (χ2n) is 3.23. The summed E-state index contributed by atoms with van der Waals surface area (Å²) in [4.78, 5) is 11.0. The number of nitrogens with two attached hydrogens (primary N) is 1. The van der Waals surface area contributed by atoms with Gasteiger partial charge >= 0.3 is 0 Å². The molecule has 3 heteroatoms. The van der Waals surface area contributed by atoms with E-state index in [1.54, 1.807) is 6.07 Å². The Morgan fingerprint density at radius 1 is 1.50 bits per heavy atom. The molecule has 2 N–H and O–H groups in total. The van der Waals surface area contributed by atoms with Gasteiger partial charge in [0.1, 0.15) is 5.82 Å². The van der Waals surface area contributed by atoms with Crippen molar-refractivity contribution in [3.05, 3.63) is 35.1 Å². The van der Waals surface area contributed by atoms with Crippen molar-refractivity contribution in [1.29, 1.82) is 0 Å². The van der Waals surface area contributed by atoms with E-state index in [2.05, 4.69) is 0 Å². The number of halogens is 1. The molecule has 1 aromatic rings. The summed E-state index contributed by atoms with van der Waals surface area (Å²) in [7, 11) is 0. The molecule has 0 bridgehead atoms. The maximum atomic E-state index is 13.3. The summed E-state index contributed by atoms with van der Waals surface area (Å²) < 4.78 is 13.3. The second kappa shape index (κ2) is 4.74. The van der Waals surface area contributed by atoms with Crippen LogP contribution in [0.3, 0.4) is 0 Å². The Morgan fingerprint density at radius 2 is 2.21 bits per heavy atom. The van der Waals surface area contributed by atoms with Crippen LogP contribution in [0.2, 0.25) is 0 Å². The molecule has 0 fully saturated rings. The van der Waals surface area contributed by atoms with Crippen molar-refractivity contribution in [2.45, 2.75) is 26.2 Å². The fourth-order valence-electron chi connectivity index (χ4n) is 1.40. The van der Waals surface area contributed by atoms with E-state index >= 15 is 0 Å². The second-order valence-corrected chi connectivity index (χ2v) is 3.23. The third-order valence-corrected chi connectivity index (χ3v) is 2.16. The van der Waals surface area contributed by atoms with Crippen LogP contribution >= 0.6 is 0 Å². The van der Waals surface area contributed by atoms with Gasteiger partial charge in [0.15, 0.2) is 0 Å². The zero-order chi connectivity index (χ0) is 10.6. The van der Waals surface area contributed by atoms with Crippen molar-refractivity contribution < 1.29 is 9.18 Å². The van der Waals surface area contributed by atoms with Gasteiger partial charge in [-0.3, -0.25) is 4.79 Å². The quantitative estimate of drug-likeness (QED) is 0.786. The molecule has 1 aromatic carbocycles. The number of hydrogen-bond donors (Lipinski definition) is 1. The molecule has 0 aliphatic carbocycles. The fraction of sp³-hybridized carbons (Fsp3) is 0.364. The van der Waals surface area contributed by atoms with E-state index in [0.717, 1.165) is 12.8 Å². The van der Waals surface area contributed by atoms with Crippen LogP contribution in [0.15, 0.2) is 18.2 Å². The normalized spacial score (nSPS) is 10.1. The zero-order valence-electron chi connectivity index (χ0n) is 8.22. The number of hydrogen-bond acceptors (Lipinski definition) is 1. The minimum absolute atomic E-state index is 0.304. The van der Waals surface area contributed by atoms with Crippen LogP contribution in [0.1, 0.15) is 35.7 Å². The first-order valence-electron chi connectivity index (χ1n) is 4.74. The molecule has 0 unspecified atom stereocenters. The number of rotatable bonds is 4. The topological polar surface area (TPSA) is 43.1 Å². The number of benzene rings is 1. The minimum Gasteiger partial charge on any atom is -0.366 e. The molecule has 0 saturated heterocycles. The Bertz CT molecular complexity index is 336. The van der Waals surface area contributed by atoms with Crippen molar-refractivity contribution in [3.8, 4) is 0 Å². The van der Waals surface area contributed by atoms with Gasteiger partial charge in [-0.1, -0.05) is 19.4 Å². The van der Waals surface area contributed by atoms with Gasteiger partial charge in [0.2, 0.25) is 5.91 Å². The van der Waals surface area contributed by atoms with Crippen LogP contribution in [0, 0.1) is 5.82 Å².